The van der Waals surface area contributed by atoms with E-state index in [1.807, 2.05) is 0 Å². The fourth-order valence-electron chi connectivity index (χ4n) is 1.67. The lowest BCUT2D eigenvalue weighted by atomic mass is 10.2. The molecule has 92 valence electrons. The minimum atomic E-state index is -2.98. The number of hydrogen-bond donors (Lipinski definition) is 1. The van der Waals surface area contributed by atoms with Gasteiger partial charge in [-0.15, -0.1) is 0 Å². The van der Waals surface area contributed by atoms with Crippen LogP contribution in [-0.2, 0) is 9.84 Å². The number of rotatable bonds is 1. The van der Waals surface area contributed by atoms with Crippen LogP contribution in [0.4, 0.5) is 5.69 Å². The van der Waals surface area contributed by atoms with Crippen LogP contribution in [0.3, 0.4) is 0 Å². The van der Waals surface area contributed by atoms with Crippen molar-refractivity contribution >= 4 is 21.4 Å². The van der Waals surface area contributed by atoms with Crippen molar-refractivity contribution in [3.63, 3.8) is 0 Å². The number of nitrogens with zero attached hydrogens (tertiary/aromatic N) is 2. The van der Waals surface area contributed by atoms with Crippen LogP contribution in [-0.4, -0.2) is 48.8 Å². The van der Waals surface area contributed by atoms with Crippen molar-refractivity contribution in [3.8, 4) is 0 Å². The molecule has 0 aliphatic carbocycles. The normalized spacial score (nSPS) is 18.9. The molecule has 1 saturated heterocycles. The maximum atomic E-state index is 12.0. The molecular formula is C10H13N3O3S. The molecule has 2 heterocycles. The summed E-state index contributed by atoms with van der Waals surface area (Å²) in [4.78, 5) is 17.4. The Morgan fingerprint density at radius 1 is 1.35 bits per heavy atom. The second-order valence-electron chi connectivity index (χ2n) is 3.91. The fourth-order valence-corrected chi connectivity index (χ4v) is 2.87. The maximum Gasteiger partial charge on any atom is 0.257 e. The Labute approximate surface area is 99.4 Å². The van der Waals surface area contributed by atoms with E-state index in [0.29, 0.717) is 11.3 Å². The first-order valence-electron chi connectivity index (χ1n) is 5.19. The van der Waals surface area contributed by atoms with Gasteiger partial charge in [0.1, 0.15) is 0 Å². The fraction of sp³-hybridized carbons (Fsp3) is 0.400. The summed E-state index contributed by atoms with van der Waals surface area (Å²) in [5.41, 5.74) is 6.36. The minimum absolute atomic E-state index is 0.0128. The number of carbonyl (C=O) groups is 1. The summed E-state index contributed by atoms with van der Waals surface area (Å²) in [5.74, 6) is -0.233. The number of nitrogens with two attached hydrogens (primary N) is 1. The van der Waals surface area contributed by atoms with Crippen LogP contribution in [0, 0.1) is 0 Å². The molecule has 2 rings (SSSR count). The third-order valence-electron chi connectivity index (χ3n) is 2.72. The van der Waals surface area contributed by atoms with E-state index in [1.165, 1.54) is 17.3 Å². The molecule has 0 radical (unpaired) electrons. The van der Waals surface area contributed by atoms with Gasteiger partial charge in [-0.25, -0.2) is 8.42 Å². The van der Waals surface area contributed by atoms with Crippen LogP contribution >= 0.6 is 0 Å². The molecule has 1 aromatic rings. The van der Waals surface area contributed by atoms with E-state index in [1.54, 1.807) is 6.07 Å². The second-order valence-corrected chi connectivity index (χ2v) is 6.21. The number of aromatic nitrogens is 1. The molecule has 0 saturated carbocycles. The number of carbonyl (C=O) groups excluding carboxylic acids is 1. The zero-order valence-electron chi connectivity index (χ0n) is 9.17. The van der Waals surface area contributed by atoms with Gasteiger partial charge in [-0.2, -0.15) is 0 Å². The number of anilines is 1. The highest BCUT2D eigenvalue weighted by atomic mass is 32.2. The average Bonchev–Trinajstić information content (AvgIpc) is 2.29. The third-order valence-corrected chi connectivity index (χ3v) is 4.33. The summed E-state index contributed by atoms with van der Waals surface area (Å²) in [5, 5.41) is 0. The highest BCUT2D eigenvalue weighted by Crippen LogP contribution is 2.14. The largest absolute Gasteiger partial charge is 0.398 e. The molecule has 0 atom stereocenters. The van der Waals surface area contributed by atoms with Gasteiger partial charge in [-0.1, -0.05) is 0 Å². The number of amides is 1. The zero-order valence-corrected chi connectivity index (χ0v) is 9.98. The second kappa shape index (κ2) is 4.33. The van der Waals surface area contributed by atoms with E-state index >= 15 is 0 Å². The molecule has 0 unspecified atom stereocenters. The first-order chi connectivity index (χ1) is 7.99. The van der Waals surface area contributed by atoms with E-state index in [9.17, 15) is 13.2 Å². The molecule has 17 heavy (non-hydrogen) atoms. The first-order valence-corrected chi connectivity index (χ1v) is 7.01. The quantitative estimate of drug-likeness (QED) is 0.732. The van der Waals surface area contributed by atoms with Crippen LogP contribution < -0.4 is 5.73 Å². The van der Waals surface area contributed by atoms with Gasteiger partial charge in [-0.3, -0.25) is 9.78 Å². The Kier molecular flexibility index (Phi) is 3.01. The van der Waals surface area contributed by atoms with Gasteiger partial charge < -0.3 is 10.6 Å². The van der Waals surface area contributed by atoms with E-state index < -0.39 is 9.84 Å². The van der Waals surface area contributed by atoms with Crippen LogP contribution in [0.15, 0.2) is 18.5 Å². The van der Waals surface area contributed by atoms with Crippen LogP contribution in [0.5, 0.6) is 0 Å². The predicted molar refractivity (Wildman–Crippen MR) is 63.2 cm³/mol. The van der Waals surface area contributed by atoms with Crippen molar-refractivity contribution in [1.29, 1.82) is 0 Å². The van der Waals surface area contributed by atoms with Crippen molar-refractivity contribution in [1.82, 2.24) is 9.88 Å². The highest BCUT2D eigenvalue weighted by molar-refractivity contribution is 7.91. The topological polar surface area (TPSA) is 93.4 Å². The van der Waals surface area contributed by atoms with Crippen molar-refractivity contribution < 1.29 is 13.2 Å². The van der Waals surface area contributed by atoms with E-state index in [0.717, 1.165) is 0 Å². The van der Waals surface area contributed by atoms with Gasteiger partial charge in [0.15, 0.2) is 9.84 Å². The van der Waals surface area contributed by atoms with Crippen LogP contribution in [0.1, 0.15) is 10.4 Å². The first kappa shape index (κ1) is 11.8. The summed E-state index contributed by atoms with van der Waals surface area (Å²) >= 11 is 0. The number of nitrogen functional groups attached to an aromatic ring is 1. The smallest absolute Gasteiger partial charge is 0.257 e. The molecule has 6 nitrogen and oxygen atoms in total. The Balaban J connectivity index is 2.15. The molecule has 1 aliphatic heterocycles. The monoisotopic (exact) mass is 255 g/mol. The standard InChI is InChI=1S/C10H13N3O3S/c11-9-1-2-12-7-8(9)10(14)13-3-5-17(15,16)6-4-13/h1-2,7H,3-6H2,(H2,11,12). The van der Waals surface area contributed by atoms with Gasteiger partial charge in [0.05, 0.1) is 17.1 Å². The average molecular weight is 255 g/mol. The zero-order chi connectivity index (χ0) is 12.5. The number of hydrogen-bond acceptors (Lipinski definition) is 5. The predicted octanol–water partition coefficient (Wildman–Crippen LogP) is -0.466. The summed E-state index contributed by atoms with van der Waals surface area (Å²) in [6.45, 7) is 0.436. The molecule has 0 bridgehead atoms. The lowest BCUT2D eigenvalue weighted by molar-refractivity contribution is 0.0771. The molecule has 1 aliphatic rings. The van der Waals surface area contributed by atoms with Crippen molar-refractivity contribution in [2.45, 2.75) is 0 Å². The van der Waals surface area contributed by atoms with E-state index in [4.69, 9.17) is 5.73 Å². The molecule has 1 aromatic heterocycles. The third kappa shape index (κ3) is 2.55. The SMILES string of the molecule is Nc1ccncc1C(=O)N1CCS(=O)(=O)CC1. The van der Waals surface area contributed by atoms with Gasteiger partial charge >= 0.3 is 0 Å². The summed E-state index contributed by atoms with van der Waals surface area (Å²) in [6.07, 6.45) is 2.91. The Morgan fingerprint density at radius 3 is 2.59 bits per heavy atom. The highest BCUT2D eigenvalue weighted by Gasteiger charge is 2.26. The van der Waals surface area contributed by atoms with Crippen molar-refractivity contribution in [3.05, 3.63) is 24.0 Å². The Morgan fingerprint density at radius 2 is 2.00 bits per heavy atom. The lowest BCUT2D eigenvalue weighted by Gasteiger charge is -2.26. The van der Waals surface area contributed by atoms with Gasteiger partial charge in [0.2, 0.25) is 0 Å². The van der Waals surface area contributed by atoms with E-state index in [-0.39, 0.29) is 30.5 Å². The van der Waals surface area contributed by atoms with Crippen LogP contribution in [0.25, 0.3) is 0 Å². The van der Waals surface area contributed by atoms with E-state index in [2.05, 4.69) is 4.98 Å². The van der Waals surface area contributed by atoms with Gasteiger partial charge in [-0.05, 0) is 6.07 Å². The number of pyridine rings is 1. The molecule has 2 N–H and O–H groups in total. The lowest BCUT2D eigenvalue weighted by Crippen LogP contribution is -2.43. The molecule has 1 amide bonds. The van der Waals surface area contributed by atoms with Crippen molar-refractivity contribution in [2.75, 3.05) is 30.3 Å². The minimum Gasteiger partial charge on any atom is -0.398 e. The Bertz CT molecular complexity index is 527. The summed E-state index contributed by atoms with van der Waals surface area (Å²) in [6, 6.07) is 1.55. The van der Waals surface area contributed by atoms with Gasteiger partial charge in [0, 0.05) is 31.2 Å². The molecule has 0 spiro atoms. The summed E-state index contributed by atoms with van der Waals surface area (Å²) in [7, 11) is -2.98. The number of sulfone groups is 1. The van der Waals surface area contributed by atoms with Crippen LogP contribution in [0.2, 0.25) is 0 Å². The molecule has 0 aromatic carbocycles. The van der Waals surface area contributed by atoms with Gasteiger partial charge in [0.25, 0.3) is 5.91 Å². The summed E-state index contributed by atoms with van der Waals surface area (Å²) < 4.78 is 22.5. The molecular weight excluding hydrogens is 242 g/mol. The molecule has 1 fully saturated rings. The van der Waals surface area contributed by atoms with Crippen molar-refractivity contribution in [2.24, 2.45) is 0 Å². The Hall–Kier alpha value is -1.63. The maximum absolute atomic E-state index is 12.0. The molecule has 7 heteroatoms.